The van der Waals surface area contributed by atoms with Crippen LogP contribution < -0.4 is 0 Å². The molecule has 90 valence electrons. The largest absolute Gasteiger partial charge is 0.301 e. The van der Waals surface area contributed by atoms with Crippen LogP contribution in [0.25, 0.3) is 5.52 Å². The SMILES string of the molecule is CN1CCCCC1c1ncc2c(Cl)cccn12. The number of hydrogen-bond donors (Lipinski definition) is 0. The molecule has 2 aromatic heterocycles. The van der Waals surface area contributed by atoms with E-state index in [1.54, 1.807) is 0 Å². The van der Waals surface area contributed by atoms with Crippen LogP contribution in [-0.2, 0) is 0 Å². The molecule has 17 heavy (non-hydrogen) atoms. The summed E-state index contributed by atoms with van der Waals surface area (Å²) >= 11 is 6.17. The van der Waals surface area contributed by atoms with Gasteiger partial charge in [0.25, 0.3) is 0 Å². The maximum atomic E-state index is 6.17. The number of rotatable bonds is 1. The maximum Gasteiger partial charge on any atom is 0.130 e. The average molecular weight is 250 g/mol. The molecule has 0 saturated carbocycles. The molecule has 0 aromatic carbocycles. The van der Waals surface area contributed by atoms with Gasteiger partial charge >= 0.3 is 0 Å². The predicted octanol–water partition coefficient (Wildman–Crippen LogP) is 3.14. The van der Waals surface area contributed by atoms with Crippen molar-refractivity contribution in [3.63, 3.8) is 0 Å². The molecule has 3 rings (SSSR count). The van der Waals surface area contributed by atoms with Crippen LogP contribution in [0.1, 0.15) is 31.1 Å². The van der Waals surface area contributed by atoms with Crippen LogP contribution in [0.4, 0.5) is 0 Å². The smallest absolute Gasteiger partial charge is 0.130 e. The van der Waals surface area contributed by atoms with E-state index in [9.17, 15) is 0 Å². The lowest BCUT2D eigenvalue weighted by Crippen LogP contribution is -2.30. The van der Waals surface area contributed by atoms with E-state index in [1.807, 2.05) is 24.5 Å². The van der Waals surface area contributed by atoms with Crippen molar-refractivity contribution in [2.45, 2.75) is 25.3 Å². The Morgan fingerprint density at radius 3 is 3.12 bits per heavy atom. The summed E-state index contributed by atoms with van der Waals surface area (Å²) in [5.41, 5.74) is 1.00. The van der Waals surface area contributed by atoms with Gasteiger partial charge in [-0.3, -0.25) is 4.90 Å². The van der Waals surface area contributed by atoms with Gasteiger partial charge in [0.1, 0.15) is 5.82 Å². The lowest BCUT2D eigenvalue weighted by molar-refractivity contribution is 0.179. The van der Waals surface area contributed by atoms with Gasteiger partial charge in [-0.1, -0.05) is 18.0 Å². The average Bonchev–Trinajstić information content (AvgIpc) is 2.75. The Morgan fingerprint density at radius 2 is 2.29 bits per heavy atom. The highest BCUT2D eigenvalue weighted by Gasteiger charge is 2.24. The molecule has 1 fully saturated rings. The van der Waals surface area contributed by atoms with Gasteiger partial charge < -0.3 is 4.40 Å². The summed E-state index contributed by atoms with van der Waals surface area (Å²) in [6, 6.07) is 4.31. The van der Waals surface area contributed by atoms with Gasteiger partial charge in [-0.25, -0.2) is 4.98 Å². The van der Waals surface area contributed by atoms with E-state index < -0.39 is 0 Å². The van der Waals surface area contributed by atoms with Crippen LogP contribution in [0.5, 0.6) is 0 Å². The molecule has 3 heterocycles. The van der Waals surface area contributed by atoms with Crippen molar-refractivity contribution >= 4 is 17.1 Å². The molecule has 0 amide bonds. The number of likely N-dealkylation sites (tertiary alicyclic amines) is 1. The second kappa shape index (κ2) is 4.31. The third kappa shape index (κ3) is 1.83. The Kier molecular flexibility index (Phi) is 2.81. The van der Waals surface area contributed by atoms with E-state index in [-0.39, 0.29) is 0 Å². The summed E-state index contributed by atoms with van der Waals surface area (Å²) in [6.45, 7) is 1.15. The van der Waals surface area contributed by atoms with Crippen molar-refractivity contribution in [1.82, 2.24) is 14.3 Å². The van der Waals surface area contributed by atoms with Gasteiger partial charge in [-0.05, 0) is 38.6 Å². The van der Waals surface area contributed by atoms with Gasteiger partial charge in [-0.15, -0.1) is 0 Å². The summed E-state index contributed by atoms with van der Waals surface area (Å²) < 4.78 is 2.12. The quantitative estimate of drug-likeness (QED) is 0.774. The molecule has 1 atom stereocenters. The Bertz CT molecular complexity index is 534. The summed E-state index contributed by atoms with van der Waals surface area (Å²) in [4.78, 5) is 6.96. The number of hydrogen-bond acceptors (Lipinski definition) is 2. The Labute approximate surface area is 106 Å². The van der Waals surface area contributed by atoms with E-state index in [0.717, 1.165) is 22.9 Å². The number of nitrogens with zero attached hydrogens (tertiary/aromatic N) is 3. The van der Waals surface area contributed by atoms with E-state index in [4.69, 9.17) is 11.6 Å². The van der Waals surface area contributed by atoms with Gasteiger partial charge in [-0.2, -0.15) is 0 Å². The molecule has 1 aliphatic heterocycles. The lowest BCUT2D eigenvalue weighted by Gasteiger charge is -2.31. The molecule has 2 aromatic rings. The second-order valence-electron chi connectivity index (χ2n) is 4.72. The van der Waals surface area contributed by atoms with E-state index >= 15 is 0 Å². The minimum Gasteiger partial charge on any atom is -0.301 e. The van der Waals surface area contributed by atoms with Crippen LogP contribution in [-0.4, -0.2) is 27.9 Å². The Hall–Kier alpha value is -1.06. The van der Waals surface area contributed by atoms with Crippen LogP contribution in [0.15, 0.2) is 24.5 Å². The fourth-order valence-corrected chi connectivity index (χ4v) is 2.87. The third-order valence-electron chi connectivity index (χ3n) is 3.62. The number of piperidine rings is 1. The molecule has 1 saturated heterocycles. The minimum atomic E-state index is 0.421. The fraction of sp³-hybridized carbons (Fsp3) is 0.462. The number of imidazole rings is 1. The Balaban J connectivity index is 2.08. The lowest BCUT2D eigenvalue weighted by atomic mass is 10.0. The van der Waals surface area contributed by atoms with Crippen molar-refractivity contribution in [1.29, 1.82) is 0 Å². The van der Waals surface area contributed by atoms with Crippen molar-refractivity contribution < 1.29 is 0 Å². The number of pyridine rings is 1. The van der Waals surface area contributed by atoms with Gasteiger partial charge in [0.05, 0.1) is 22.8 Å². The highest BCUT2D eigenvalue weighted by Crippen LogP contribution is 2.30. The highest BCUT2D eigenvalue weighted by molar-refractivity contribution is 6.33. The molecule has 0 spiro atoms. The molecule has 0 aliphatic carbocycles. The predicted molar refractivity (Wildman–Crippen MR) is 69.4 cm³/mol. The molecule has 3 nitrogen and oxygen atoms in total. The molecule has 0 radical (unpaired) electrons. The second-order valence-corrected chi connectivity index (χ2v) is 5.13. The van der Waals surface area contributed by atoms with Crippen molar-refractivity contribution in [2.75, 3.05) is 13.6 Å². The van der Waals surface area contributed by atoms with Crippen LogP contribution in [0, 0.1) is 0 Å². The van der Waals surface area contributed by atoms with E-state index in [2.05, 4.69) is 21.3 Å². The maximum absolute atomic E-state index is 6.17. The monoisotopic (exact) mass is 249 g/mol. The molecule has 0 N–H and O–H groups in total. The third-order valence-corrected chi connectivity index (χ3v) is 3.94. The van der Waals surface area contributed by atoms with Gasteiger partial charge in [0, 0.05) is 6.20 Å². The molecule has 4 heteroatoms. The van der Waals surface area contributed by atoms with Crippen LogP contribution >= 0.6 is 11.6 Å². The normalized spacial score (nSPS) is 22.1. The standard InChI is InChI=1S/C13H16ClN3/c1-16-7-3-2-6-11(16)13-15-9-12-10(14)5-4-8-17(12)13/h4-5,8-9,11H,2-3,6-7H2,1H3. The summed E-state index contributed by atoms with van der Waals surface area (Å²) in [5, 5.41) is 0.768. The van der Waals surface area contributed by atoms with Crippen LogP contribution in [0.2, 0.25) is 5.02 Å². The molecule has 1 aliphatic rings. The number of aromatic nitrogens is 2. The highest BCUT2D eigenvalue weighted by atomic mass is 35.5. The minimum absolute atomic E-state index is 0.421. The zero-order chi connectivity index (χ0) is 11.8. The van der Waals surface area contributed by atoms with Crippen molar-refractivity contribution in [3.8, 4) is 0 Å². The first-order chi connectivity index (χ1) is 8.27. The van der Waals surface area contributed by atoms with Crippen LogP contribution in [0.3, 0.4) is 0 Å². The number of halogens is 1. The van der Waals surface area contributed by atoms with Crippen molar-refractivity contribution in [3.05, 3.63) is 35.4 Å². The van der Waals surface area contributed by atoms with E-state index in [1.165, 1.54) is 19.3 Å². The zero-order valence-electron chi connectivity index (χ0n) is 9.93. The molecular formula is C13H16ClN3. The topological polar surface area (TPSA) is 20.5 Å². The Morgan fingerprint density at radius 1 is 1.41 bits per heavy atom. The molecular weight excluding hydrogens is 234 g/mol. The summed E-state index contributed by atoms with van der Waals surface area (Å²) in [5.74, 6) is 1.12. The van der Waals surface area contributed by atoms with Gasteiger partial charge in [0.15, 0.2) is 0 Å². The first kappa shape index (κ1) is 11.1. The summed E-state index contributed by atoms with van der Waals surface area (Å²) in [7, 11) is 2.18. The summed E-state index contributed by atoms with van der Waals surface area (Å²) in [6.07, 6.45) is 7.68. The van der Waals surface area contributed by atoms with E-state index in [0.29, 0.717) is 6.04 Å². The number of fused-ring (bicyclic) bond motifs is 1. The van der Waals surface area contributed by atoms with Crippen molar-refractivity contribution in [2.24, 2.45) is 0 Å². The molecule has 0 bridgehead atoms. The fourth-order valence-electron chi connectivity index (χ4n) is 2.66. The van der Waals surface area contributed by atoms with Gasteiger partial charge in [0.2, 0.25) is 0 Å². The zero-order valence-corrected chi connectivity index (χ0v) is 10.7. The first-order valence-electron chi connectivity index (χ1n) is 6.09. The first-order valence-corrected chi connectivity index (χ1v) is 6.47. The molecule has 1 unspecified atom stereocenters.